The van der Waals surface area contributed by atoms with E-state index in [2.05, 4.69) is 74.3 Å². The highest BCUT2D eigenvalue weighted by Gasteiger charge is 2.11. The lowest BCUT2D eigenvalue weighted by Gasteiger charge is -2.14. The number of hydrogen-bond donors (Lipinski definition) is 0. The summed E-state index contributed by atoms with van der Waals surface area (Å²) < 4.78 is 2.49. The summed E-state index contributed by atoms with van der Waals surface area (Å²) in [6.45, 7) is 6.67. The number of benzene rings is 3. The Morgan fingerprint density at radius 3 is 2.19 bits per heavy atom. The third kappa shape index (κ3) is 4.24. The maximum atomic E-state index is 4.97. The first-order valence-electron chi connectivity index (χ1n) is 11.3. The normalized spacial score (nSPS) is 12.9. The lowest BCUT2D eigenvalue weighted by atomic mass is 9.92. The van der Waals surface area contributed by atoms with Gasteiger partial charge in [-0.15, -0.1) is 22.7 Å². The van der Waals surface area contributed by atoms with Gasteiger partial charge in [-0.2, -0.15) is 0 Å². The molecule has 0 aliphatic carbocycles. The average molecular weight is 445 g/mol. The summed E-state index contributed by atoms with van der Waals surface area (Å²) in [4.78, 5) is 9.63. The predicted octanol–water partition coefficient (Wildman–Crippen LogP) is 8.79. The highest BCUT2D eigenvalue weighted by Crippen LogP contribution is 2.35. The van der Waals surface area contributed by atoms with E-state index in [1.807, 2.05) is 0 Å². The zero-order chi connectivity index (χ0) is 21.4. The Hall–Kier alpha value is -2.30. The van der Waals surface area contributed by atoms with Crippen LogP contribution in [0.4, 0.5) is 0 Å². The Morgan fingerprint density at radius 1 is 0.839 bits per heavy atom. The van der Waals surface area contributed by atoms with Crippen molar-refractivity contribution in [2.24, 2.45) is 5.92 Å². The molecule has 0 amide bonds. The second kappa shape index (κ2) is 8.68. The van der Waals surface area contributed by atoms with E-state index in [1.165, 1.54) is 63.4 Å². The predicted molar refractivity (Wildman–Crippen MR) is 137 cm³/mol. The molecule has 2 heterocycles. The zero-order valence-electron chi connectivity index (χ0n) is 18.4. The largest absolute Gasteiger partial charge is 0.241 e. The molecule has 3 aromatic carbocycles. The fourth-order valence-electron chi connectivity index (χ4n) is 4.39. The topological polar surface area (TPSA) is 25.8 Å². The smallest absolute Gasteiger partial charge is 0.124 e. The molecule has 158 valence electrons. The van der Waals surface area contributed by atoms with Gasteiger partial charge in [0, 0.05) is 5.56 Å². The average Bonchev–Trinajstić information content (AvgIpc) is 3.35. The van der Waals surface area contributed by atoms with Crippen LogP contribution in [0.5, 0.6) is 0 Å². The van der Waals surface area contributed by atoms with Gasteiger partial charge in [0.05, 0.1) is 25.4 Å². The van der Waals surface area contributed by atoms with Crippen LogP contribution in [0.3, 0.4) is 0 Å². The van der Waals surface area contributed by atoms with E-state index in [0.29, 0.717) is 0 Å². The minimum atomic E-state index is 0.800. The van der Waals surface area contributed by atoms with Gasteiger partial charge in [0.25, 0.3) is 0 Å². The number of nitrogens with zero attached hydrogens (tertiary/aromatic N) is 2. The molecule has 0 aliphatic heterocycles. The molecule has 0 radical (unpaired) electrons. The van der Waals surface area contributed by atoms with Gasteiger partial charge >= 0.3 is 0 Å². The summed E-state index contributed by atoms with van der Waals surface area (Å²) in [6, 6.07) is 18.1. The minimum Gasteiger partial charge on any atom is -0.241 e. The van der Waals surface area contributed by atoms with Crippen molar-refractivity contribution in [2.75, 3.05) is 0 Å². The van der Waals surface area contributed by atoms with Gasteiger partial charge in [-0.1, -0.05) is 63.8 Å². The SMILES string of the molecule is CCCCC(CC)Cc1ccc(-c2nc3cc4cc5sc(C)nc5cc4cc3s2)cc1. The molecule has 4 heteroatoms. The van der Waals surface area contributed by atoms with Crippen molar-refractivity contribution < 1.29 is 0 Å². The number of rotatable bonds is 7. The summed E-state index contributed by atoms with van der Waals surface area (Å²) in [5.41, 5.74) is 4.84. The Morgan fingerprint density at radius 2 is 1.52 bits per heavy atom. The molecule has 0 aliphatic rings. The fourth-order valence-corrected chi connectivity index (χ4v) is 6.25. The third-order valence-electron chi connectivity index (χ3n) is 6.23. The van der Waals surface area contributed by atoms with Crippen molar-refractivity contribution in [1.82, 2.24) is 9.97 Å². The molecule has 5 aromatic rings. The van der Waals surface area contributed by atoms with Crippen LogP contribution >= 0.6 is 22.7 Å². The molecule has 0 saturated carbocycles. The van der Waals surface area contributed by atoms with Crippen molar-refractivity contribution in [1.29, 1.82) is 0 Å². The number of aromatic nitrogens is 2. The van der Waals surface area contributed by atoms with Crippen molar-refractivity contribution in [3.63, 3.8) is 0 Å². The third-order valence-corrected chi connectivity index (χ3v) is 8.23. The molecule has 0 spiro atoms. The van der Waals surface area contributed by atoms with Crippen molar-refractivity contribution in [3.8, 4) is 10.6 Å². The molecule has 2 nitrogen and oxygen atoms in total. The van der Waals surface area contributed by atoms with E-state index >= 15 is 0 Å². The van der Waals surface area contributed by atoms with E-state index in [0.717, 1.165) is 27.0 Å². The second-order valence-corrected chi connectivity index (χ2v) is 10.8. The first-order valence-corrected chi connectivity index (χ1v) is 13.0. The van der Waals surface area contributed by atoms with Crippen molar-refractivity contribution in [3.05, 3.63) is 59.1 Å². The fraction of sp³-hybridized carbons (Fsp3) is 0.333. The molecule has 2 aromatic heterocycles. The number of thiazole rings is 2. The summed E-state index contributed by atoms with van der Waals surface area (Å²) in [7, 11) is 0. The minimum absolute atomic E-state index is 0.800. The Labute approximate surface area is 192 Å². The van der Waals surface area contributed by atoms with Crippen LogP contribution in [0.15, 0.2) is 48.5 Å². The highest BCUT2D eigenvalue weighted by atomic mass is 32.1. The lowest BCUT2D eigenvalue weighted by Crippen LogP contribution is -2.03. The Kier molecular flexibility index (Phi) is 5.77. The summed E-state index contributed by atoms with van der Waals surface area (Å²) >= 11 is 3.54. The second-order valence-electron chi connectivity index (χ2n) is 8.56. The number of aryl methyl sites for hydroxylation is 1. The van der Waals surface area contributed by atoms with E-state index < -0.39 is 0 Å². The molecular weight excluding hydrogens is 416 g/mol. The van der Waals surface area contributed by atoms with E-state index in [9.17, 15) is 0 Å². The van der Waals surface area contributed by atoms with Gasteiger partial charge in [0.15, 0.2) is 0 Å². The summed E-state index contributed by atoms with van der Waals surface area (Å²) in [5, 5.41) is 4.71. The van der Waals surface area contributed by atoms with E-state index in [1.54, 1.807) is 22.7 Å². The summed E-state index contributed by atoms with van der Waals surface area (Å²) in [6.07, 6.45) is 6.42. The van der Waals surface area contributed by atoms with Crippen molar-refractivity contribution in [2.45, 2.75) is 52.9 Å². The van der Waals surface area contributed by atoms with E-state index in [-0.39, 0.29) is 0 Å². The van der Waals surface area contributed by atoms with Crippen LogP contribution in [-0.4, -0.2) is 9.97 Å². The van der Waals surface area contributed by atoms with Crippen LogP contribution in [0, 0.1) is 12.8 Å². The van der Waals surface area contributed by atoms with Crippen LogP contribution in [-0.2, 0) is 6.42 Å². The van der Waals surface area contributed by atoms with Gasteiger partial charge < -0.3 is 0 Å². The Balaban J connectivity index is 1.43. The van der Waals surface area contributed by atoms with E-state index in [4.69, 9.17) is 4.98 Å². The van der Waals surface area contributed by atoms with Crippen LogP contribution in [0.2, 0.25) is 0 Å². The lowest BCUT2D eigenvalue weighted by molar-refractivity contribution is 0.449. The molecule has 31 heavy (non-hydrogen) atoms. The monoisotopic (exact) mass is 444 g/mol. The maximum Gasteiger partial charge on any atom is 0.124 e. The number of unbranched alkanes of at least 4 members (excludes halogenated alkanes) is 1. The van der Waals surface area contributed by atoms with Gasteiger partial charge in [0.1, 0.15) is 5.01 Å². The van der Waals surface area contributed by atoms with Gasteiger partial charge in [-0.25, -0.2) is 9.97 Å². The molecule has 5 rings (SSSR count). The molecular formula is C27H28N2S2. The van der Waals surface area contributed by atoms with Crippen LogP contribution in [0.25, 0.3) is 41.8 Å². The van der Waals surface area contributed by atoms with Crippen LogP contribution < -0.4 is 0 Å². The molecule has 0 saturated heterocycles. The molecule has 0 fully saturated rings. The number of fused-ring (bicyclic) bond motifs is 3. The first kappa shape index (κ1) is 20.6. The van der Waals surface area contributed by atoms with Gasteiger partial charge in [-0.05, 0) is 59.9 Å². The zero-order valence-corrected chi connectivity index (χ0v) is 20.1. The first-order chi connectivity index (χ1) is 15.1. The molecule has 1 unspecified atom stereocenters. The maximum absolute atomic E-state index is 4.97. The van der Waals surface area contributed by atoms with Crippen LogP contribution in [0.1, 0.15) is 50.1 Å². The summed E-state index contributed by atoms with van der Waals surface area (Å²) in [5.74, 6) is 0.800. The molecule has 0 bridgehead atoms. The van der Waals surface area contributed by atoms with Gasteiger partial charge in [0.2, 0.25) is 0 Å². The highest BCUT2D eigenvalue weighted by molar-refractivity contribution is 7.21. The molecule has 1 atom stereocenters. The Bertz CT molecular complexity index is 1270. The van der Waals surface area contributed by atoms with Crippen molar-refractivity contribution >= 4 is 53.9 Å². The number of hydrogen-bond acceptors (Lipinski definition) is 4. The standard InChI is InChI=1S/C27H28N2S2/c1-4-6-7-18(5-2)12-19-8-10-20(11-9-19)27-29-24-14-22-15-25-23(28-17(3)30-25)13-21(22)16-26(24)31-27/h8-11,13-16,18H,4-7,12H2,1-3H3. The molecule has 0 N–H and O–H groups in total. The van der Waals surface area contributed by atoms with Gasteiger partial charge in [-0.3, -0.25) is 0 Å². The quantitative estimate of drug-likeness (QED) is 0.251.